The van der Waals surface area contributed by atoms with E-state index in [2.05, 4.69) is 19.9 Å². The number of aliphatic hydroxyl groups is 2. The topological polar surface area (TPSA) is 140 Å². The molecular weight excluding hydrogens is 560 g/mol. The fourth-order valence-electron chi connectivity index (χ4n) is 5.40. The van der Waals surface area contributed by atoms with Gasteiger partial charge in [0.05, 0.1) is 12.2 Å². The average molecular weight is 625 g/mol. The lowest BCUT2D eigenvalue weighted by Gasteiger charge is -2.01. The maximum absolute atomic E-state index is 10.4. The summed E-state index contributed by atoms with van der Waals surface area (Å²) in [5, 5.41) is 37.0. The van der Waals surface area contributed by atoms with Crippen molar-refractivity contribution in [2.45, 2.75) is 192 Å². The SMILES string of the molecule is CCCCC/C=C\C(O)C1OC1CCCCCCCC(=O)O.CCCCCC1OC1C(O)/C=C\CCCCCCCC(=O)O. The molecule has 4 N–H and O–H groups in total. The third-order valence-electron chi connectivity index (χ3n) is 8.29. The van der Waals surface area contributed by atoms with E-state index in [-0.39, 0.29) is 37.3 Å². The van der Waals surface area contributed by atoms with Crippen molar-refractivity contribution in [1.29, 1.82) is 0 Å². The van der Waals surface area contributed by atoms with Crippen LogP contribution in [0.25, 0.3) is 0 Å². The smallest absolute Gasteiger partial charge is 0.303 e. The zero-order valence-corrected chi connectivity index (χ0v) is 27.8. The molecule has 8 nitrogen and oxygen atoms in total. The predicted octanol–water partition coefficient (Wildman–Crippen LogP) is 8.13. The van der Waals surface area contributed by atoms with Crippen LogP contribution in [0.5, 0.6) is 0 Å². The van der Waals surface area contributed by atoms with E-state index in [1.807, 2.05) is 18.2 Å². The molecule has 44 heavy (non-hydrogen) atoms. The van der Waals surface area contributed by atoms with Crippen LogP contribution in [-0.4, -0.2) is 69.0 Å². The molecule has 6 atom stereocenters. The summed E-state index contributed by atoms with van der Waals surface area (Å²) in [6.45, 7) is 4.38. The molecule has 2 saturated heterocycles. The van der Waals surface area contributed by atoms with E-state index >= 15 is 0 Å². The number of carbonyl (C=O) groups is 2. The Morgan fingerprint density at radius 1 is 0.568 bits per heavy atom. The summed E-state index contributed by atoms with van der Waals surface area (Å²) < 4.78 is 11.1. The van der Waals surface area contributed by atoms with Gasteiger partial charge in [-0.05, 0) is 51.4 Å². The summed E-state index contributed by atoms with van der Waals surface area (Å²) in [4.78, 5) is 20.7. The van der Waals surface area contributed by atoms with Crippen LogP contribution in [0.2, 0.25) is 0 Å². The molecule has 2 aliphatic rings. The van der Waals surface area contributed by atoms with Crippen molar-refractivity contribution in [3.8, 4) is 0 Å². The minimum atomic E-state index is -0.703. The Bertz CT molecular complexity index is 782. The Morgan fingerprint density at radius 2 is 0.932 bits per heavy atom. The first-order chi connectivity index (χ1) is 21.3. The van der Waals surface area contributed by atoms with Crippen LogP contribution in [0.15, 0.2) is 24.3 Å². The number of allylic oxidation sites excluding steroid dienone is 2. The lowest BCUT2D eigenvalue weighted by Crippen LogP contribution is -2.13. The highest BCUT2D eigenvalue weighted by Crippen LogP contribution is 2.32. The van der Waals surface area contributed by atoms with Crippen molar-refractivity contribution < 1.29 is 39.5 Å². The molecule has 0 radical (unpaired) electrons. The van der Waals surface area contributed by atoms with E-state index in [1.54, 1.807) is 0 Å². The number of unbranched alkanes of at least 4 members (excludes halogenated alkanes) is 14. The van der Waals surface area contributed by atoms with Crippen molar-refractivity contribution in [2.75, 3.05) is 0 Å². The molecule has 2 rings (SSSR count). The minimum absolute atomic E-state index is 0.00515. The first-order valence-electron chi connectivity index (χ1n) is 17.7. The summed E-state index contributed by atoms with van der Waals surface area (Å²) in [6.07, 6.45) is 29.6. The van der Waals surface area contributed by atoms with E-state index in [4.69, 9.17) is 19.7 Å². The number of aliphatic carboxylic acids is 2. The highest BCUT2D eigenvalue weighted by Gasteiger charge is 2.43. The van der Waals surface area contributed by atoms with Gasteiger partial charge < -0.3 is 29.9 Å². The highest BCUT2D eigenvalue weighted by molar-refractivity contribution is 5.66. The minimum Gasteiger partial charge on any atom is -0.481 e. The van der Waals surface area contributed by atoms with Crippen molar-refractivity contribution in [1.82, 2.24) is 0 Å². The third-order valence-corrected chi connectivity index (χ3v) is 8.29. The van der Waals surface area contributed by atoms with Gasteiger partial charge in [0, 0.05) is 12.8 Å². The van der Waals surface area contributed by atoms with Gasteiger partial charge in [0.1, 0.15) is 24.4 Å². The van der Waals surface area contributed by atoms with E-state index in [0.29, 0.717) is 0 Å². The number of carboxylic acid groups (broad SMARTS) is 2. The van der Waals surface area contributed by atoms with Gasteiger partial charge in [0.25, 0.3) is 0 Å². The largest absolute Gasteiger partial charge is 0.481 e. The van der Waals surface area contributed by atoms with Gasteiger partial charge in [-0.2, -0.15) is 0 Å². The number of aliphatic hydroxyl groups excluding tert-OH is 2. The Balaban J connectivity index is 0.000000440. The lowest BCUT2D eigenvalue weighted by atomic mass is 10.0. The molecule has 0 aromatic rings. The molecule has 0 aromatic carbocycles. The second-order valence-electron chi connectivity index (χ2n) is 12.5. The molecule has 0 bridgehead atoms. The first-order valence-corrected chi connectivity index (χ1v) is 17.7. The molecule has 0 spiro atoms. The fourth-order valence-corrected chi connectivity index (χ4v) is 5.40. The van der Waals surface area contributed by atoms with Gasteiger partial charge in [0.15, 0.2) is 0 Å². The zero-order valence-electron chi connectivity index (χ0n) is 27.8. The number of hydrogen-bond acceptors (Lipinski definition) is 6. The summed E-state index contributed by atoms with van der Waals surface area (Å²) >= 11 is 0. The van der Waals surface area contributed by atoms with Crippen LogP contribution in [0, 0.1) is 0 Å². The molecule has 2 heterocycles. The molecule has 0 aliphatic carbocycles. The zero-order chi connectivity index (χ0) is 32.4. The van der Waals surface area contributed by atoms with Crippen LogP contribution < -0.4 is 0 Å². The third kappa shape index (κ3) is 22.7. The number of hydrogen-bond donors (Lipinski definition) is 4. The van der Waals surface area contributed by atoms with E-state index in [1.165, 1.54) is 38.5 Å². The maximum Gasteiger partial charge on any atom is 0.303 e. The molecule has 6 unspecified atom stereocenters. The fraction of sp³-hybridized carbons (Fsp3) is 0.833. The predicted molar refractivity (Wildman–Crippen MR) is 176 cm³/mol. The van der Waals surface area contributed by atoms with Crippen LogP contribution in [0.4, 0.5) is 0 Å². The first kappa shape index (κ1) is 40.3. The van der Waals surface area contributed by atoms with Gasteiger partial charge >= 0.3 is 11.9 Å². The van der Waals surface area contributed by atoms with E-state index in [0.717, 1.165) is 89.9 Å². The Morgan fingerprint density at radius 3 is 1.39 bits per heavy atom. The number of rotatable bonds is 28. The summed E-state index contributed by atoms with van der Waals surface area (Å²) in [5.74, 6) is -1.40. The average Bonchev–Trinajstić information content (AvgIpc) is 3.92. The van der Waals surface area contributed by atoms with Crippen LogP contribution >= 0.6 is 0 Å². The second-order valence-corrected chi connectivity index (χ2v) is 12.5. The lowest BCUT2D eigenvalue weighted by molar-refractivity contribution is -0.138. The van der Waals surface area contributed by atoms with Crippen molar-refractivity contribution in [3.05, 3.63) is 24.3 Å². The molecule has 2 aliphatic heterocycles. The molecule has 0 saturated carbocycles. The summed E-state index contributed by atoms with van der Waals surface area (Å²) in [6, 6.07) is 0. The molecular formula is C36H64O8. The summed E-state index contributed by atoms with van der Waals surface area (Å²) in [5.41, 5.74) is 0. The molecule has 256 valence electrons. The van der Waals surface area contributed by atoms with Gasteiger partial charge in [-0.25, -0.2) is 0 Å². The number of ether oxygens (including phenoxy) is 2. The van der Waals surface area contributed by atoms with E-state index in [9.17, 15) is 19.8 Å². The van der Waals surface area contributed by atoms with E-state index < -0.39 is 24.1 Å². The Kier molecular flexibility index (Phi) is 24.2. The van der Waals surface area contributed by atoms with Gasteiger partial charge in [-0.1, -0.05) is 115 Å². The van der Waals surface area contributed by atoms with Gasteiger partial charge in [-0.15, -0.1) is 0 Å². The van der Waals surface area contributed by atoms with Crippen molar-refractivity contribution >= 4 is 11.9 Å². The van der Waals surface area contributed by atoms with Crippen molar-refractivity contribution in [3.63, 3.8) is 0 Å². The Hall–Kier alpha value is -1.74. The molecule has 0 aromatic heterocycles. The van der Waals surface area contributed by atoms with Gasteiger partial charge in [-0.3, -0.25) is 9.59 Å². The van der Waals surface area contributed by atoms with Crippen LogP contribution in [0.3, 0.4) is 0 Å². The quantitative estimate of drug-likeness (QED) is 0.0388. The number of epoxide rings is 2. The molecule has 8 heteroatoms. The maximum atomic E-state index is 10.4. The highest BCUT2D eigenvalue weighted by atomic mass is 16.6. The monoisotopic (exact) mass is 624 g/mol. The Labute approximate surface area is 267 Å². The van der Waals surface area contributed by atoms with Crippen LogP contribution in [0.1, 0.15) is 155 Å². The molecule has 2 fully saturated rings. The normalized spacial score (nSPS) is 22.1. The standard InChI is InChI=1S/2C18H32O4/c1-2-3-9-13-16-18(22-16)15(19)12-10-7-5-4-6-8-11-14-17(20)21;1-2-3-4-6-9-12-15(19)18-16(22-18)13-10-7-5-8-11-14-17(20)21/h10,12,15-16,18-19H,2-9,11,13-14H2,1H3,(H,20,21);9,12,15-16,18-19H,2-8,10-11,13-14H2,1H3,(H,20,21)/b12-10-;12-9-. The van der Waals surface area contributed by atoms with Crippen LogP contribution in [-0.2, 0) is 19.1 Å². The van der Waals surface area contributed by atoms with Gasteiger partial charge in [0.2, 0.25) is 0 Å². The molecule has 0 amide bonds. The van der Waals surface area contributed by atoms with Crippen molar-refractivity contribution in [2.24, 2.45) is 0 Å². The summed E-state index contributed by atoms with van der Waals surface area (Å²) in [7, 11) is 0. The second kappa shape index (κ2) is 26.5. The number of carboxylic acids is 2.